The van der Waals surface area contributed by atoms with Crippen molar-refractivity contribution >= 4 is 29.1 Å². The second kappa shape index (κ2) is 9.59. The highest BCUT2D eigenvalue weighted by atomic mass is 32.1. The van der Waals surface area contributed by atoms with Crippen LogP contribution in [0.5, 0.6) is 0 Å². The van der Waals surface area contributed by atoms with Gasteiger partial charge in [-0.05, 0) is 25.7 Å². The summed E-state index contributed by atoms with van der Waals surface area (Å²) < 4.78 is 0. The van der Waals surface area contributed by atoms with E-state index in [0.29, 0.717) is 5.01 Å². The average molecular weight is 327 g/mol. The number of nitrogens with one attached hydrogen (secondary N) is 1. The summed E-state index contributed by atoms with van der Waals surface area (Å²) in [5, 5.41) is 5.79. The van der Waals surface area contributed by atoms with Crippen LogP contribution in [0.1, 0.15) is 74.0 Å². The molecule has 2 aliphatic carbocycles. The van der Waals surface area contributed by atoms with E-state index in [1.54, 1.807) is 11.6 Å². The van der Waals surface area contributed by atoms with Crippen LogP contribution in [-0.4, -0.2) is 22.2 Å². The maximum Gasteiger partial charge on any atom is 0.244 e. The topological polar surface area (TPSA) is 42.0 Å². The van der Waals surface area contributed by atoms with Gasteiger partial charge in [0.25, 0.3) is 0 Å². The molecule has 0 aromatic carbocycles. The molecule has 0 bridgehead atoms. The maximum absolute atomic E-state index is 10.3. The van der Waals surface area contributed by atoms with Gasteiger partial charge in [0, 0.05) is 23.7 Å². The van der Waals surface area contributed by atoms with Crippen LogP contribution in [-0.2, 0) is 0 Å². The summed E-state index contributed by atoms with van der Waals surface area (Å²) in [5.74, 6) is 0. The molecule has 0 radical (unpaired) electrons. The first-order valence-corrected chi connectivity index (χ1v) is 9.47. The molecule has 2 aliphatic rings. The predicted octanol–water partition coefficient (Wildman–Crippen LogP) is 4.45. The van der Waals surface area contributed by atoms with E-state index in [1.807, 2.05) is 0 Å². The zero-order chi connectivity index (χ0) is 14.9. The molecule has 0 unspecified atom stereocenters. The van der Waals surface area contributed by atoms with Crippen molar-refractivity contribution in [1.29, 1.82) is 0 Å². The van der Waals surface area contributed by atoms with E-state index >= 15 is 0 Å². The van der Waals surface area contributed by atoms with Gasteiger partial charge in [-0.3, -0.25) is 4.79 Å². The SMILES string of the molecule is C1CCC(NC2CCCCC2)CC1.O=C(S)c1nccs1. The fourth-order valence-electron chi connectivity index (χ4n) is 3.20. The van der Waals surface area contributed by atoms with Crippen LogP contribution >= 0.6 is 24.0 Å². The van der Waals surface area contributed by atoms with Gasteiger partial charge in [0.05, 0.1) is 0 Å². The van der Waals surface area contributed by atoms with Crippen molar-refractivity contribution in [2.24, 2.45) is 0 Å². The van der Waals surface area contributed by atoms with Crippen molar-refractivity contribution in [2.45, 2.75) is 76.3 Å². The third-order valence-corrected chi connectivity index (χ3v) is 5.43. The van der Waals surface area contributed by atoms with Gasteiger partial charge in [0.15, 0.2) is 5.01 Å². The van der Waals surface area contributed by atoms with Crippen LogP contribution in [0.15, 0.2) is 11.6 Å². The fraction of sp³-hybridized carbons (Fsp3) is 0.750. The lowest BCUT2D eigenvalue weighted by molar-refractivity contribution is 0.109. The molecule has 3 rings (SSSR count). The fourth-order valence-corrected chi connectivity index (χ4v) is 3.89. The molecular formula is C16H26N2OS2. The lowest BCUT2D eigenvalue weighted by atomic mass is 9.91. The number of thiol groups is 1. The third kappa shape index (κ3) is 6.49. The number of hydrogen-bond acceptors (Lipinski definition) is 4. The molecular weight excluding hydrogens is 300 g/mol. The molecule has 1 aromatic rings. The Morgan fingerprint density at radius 2 is 1.57 bits per heavy atom. The van der Waals surface area contributed by atoms with Gasteiger partial charge < -0.3 is 5.32 Å². The lowest BCUT2D eigenvalue weighted by Gasteiger charge is -2.30. The summed E-state index contributed by atoms with van der Waals surface area (Å²) in [4.78, 5) is 14.0. The van der Waals surface area contributed by atoms with Crippen molar-refractivity contribution in [3.05, 3.63) is 16.6 Å². The summed E-state index contributed by atoms with van der Waals surface area (Å²) in [6.45, 7) is 0. The number of rotatable bonds is 3. The third-order valence-electron chi connectivity index (χ3n) is 4.30. The van der Waals surface area contributed by atoms with Crippen LogP contribution < -0.4 is 5.32 Å². The smallest absolute Gasteiger partial charge is 0.244 e. The molecule has 0 atom stereocenters. The Morgan fingerprint density at radius 3 is 1.90 bits per heavy atom. The minimum atomic E-state index is -0.264. The number of carbonyl (C=O) groups excluding carboxylic acids is 1. The largest absolute Gasteiger partial charge is 0.311 e. The monoisotopic (exact) mass is 326 g/mol. The van der Waals surface area contributed by atoms with E-state index in [-0.39, 0.29) is 5.12 Å². The number of nitrogens with zero attached hydrogens (tertiary/aromatic N) is 1. The van der Waals surface area contributed by atoms with Crippen LogP contribution in [0.25, 0.3) is 0 Å². The minimum Gasteiger partial charge on any atom is -0.311 e. The Kier molecular flexibility index (Phi) is 7.75. The van der Waals surface area contributed by atoms with Crippen molar-refractivity contribution in [3.8, 4) is 0 Å². The normalized spacial score (nSPS) is 20.6. The number of carbonyl (C=O) groups is 1. The van der Waals surface area contributed by atoms with Gasteiger partial charge in [-0.25, -0.2) is 4.98 Å². The number of thiazole rings is 1. The van der Waals surface area contributed by atoms with E-state index in [0.717, 1.165) is 12.1 Å². The standard InChI is InChI=1S/C12H23N.C4H3NOS2/c1-3-7-11(8-4-1)13-12-9-5-2-6-10-12;6-4(7)3-5-1-2-8-3/h11-13H,1-10H2;1-2H,(H,6,7). The van der Waals surface area contributed by atoms with E-state index in [9.17, 15) is 4.79 Å². The number of hydrogen-bond donors (Lipinski definition) is 2. The molecule has 0 aliphatic heterocycles. The van der Waals surface area contributed by atoms with Crippen LogP contribution in [0.3, 0.4) is 0 Å². The average Bonchev–Trinajstić information content (AvgIpc) is 3.05. The van der Waals surface area contributed by atoms with Gasteiger partial charge in [0.2, 0.25) is 5.12 Å². The maximum atomic E-state index is 10.3. The summed E-state index contributed by atoms with van der Waals surface area (Å²) in [7, 11) is 0. The Morgan fingerprint density at radius 1 is 1.05 bits per heavy atom. The molecule has 0 saturated heterocycles. The van der Waals surface area contributed by atoms with Crippen LogP contribution in [0.2, 0.25) is 0 Å². The summed E-state index contributed by atoms with van der Waals surface area (Å²) in [6.07, 6.45) is 16.1. The molecule has 1 heterocycles. The predicted molar refractivity (Wildman–Crippen MR) is 92.3 cm³/mol. The zero-order valence-electron chi connectivity index (χ0n) is 12.6. The summed E-state index contributed by atoms with van der Waals surface area (Å²) in [5.41, 5.74) is 0. The summed E-state index contributed by atoms with van der Waals surface area (Å²) in [6, 6.07) is 1.74. The van der Waals surface area contributed by atoms with Gasteiger partial charge in [0.1, 0.15) is 0 Å². The van der Waals surface area contributed by atoms with Gasteiger partial charge in [-0.1, -0.05) is 51.2 Å². The molecule has 0 spiro atoms. The quantitative estimate of drug-likeness (QED) is 0.806. The van der Waals surface area contributed by atoms with Crippen LogP contribution in [0, 0.1) is 0 Å². The first kappa shape index (κ1) is 17.0. The molecule has 5 heteroatoms. The second-order valence-electron chi connectivity index (χ2n) is 5.98. The minimum absolute atomic E-state index is 0.264. The van der Waals surface area contributed by atoms with Gasteiger partial charge in [-0.15, -0.1) is 11.3 Å². The first-order valence-electron chi connectivity index (χ1n) is 8.14. The Bertz CT molecular complexity index is 380. The van der Waals surface area contributed by atoms with Gasteiger partial charge in [-0.2, -0.15) is 0 Å². The molecule has 0 amide bonds. The Balaban J connectivity index is 0.000000173. The van der Waals surface area contributed by atoms with Crippen molar-refractivity contribution in [1.82, 2.24) is 10.3 Å². The molecule has 118 valence electrons. The van der Waals surface area contributed by atoms with Gasteiger partial charge >= 0.3 is 0 Å². The Hall–Kier alpha value is -0.390. The highest BCUT2D eigenvalue weighted by Gasteiger charge is 2.19. The summed E-state index contributed by atoms with van der Waals surface area (Å²) >= 11 is 4.86. The molecule has 3 nitrogen and oxygen atoms in total. The van der Waals surface area contributed by atoms with E-state index in [4.69, 9.17) is 0 Å². The second-order valence-corrected chi connectivity index (χ2v) is 7.28. The molecule has 21 heavy (non-hydrogen) atoms. The highest BCUT2D eigenvalue weighted by Crippen LogP contribution is 2.22. The molecule has 2 fully saturated rings. The molecule has 2 saturated carbocycles. The zero-order valence-corrected chi connectivity index (χ0v) is 14.3. The highest BCUT2D eigenvalue weighted by molar-refractivity contribution is 7.97. The van der Waals surface area contributed by atoms with Crippen molar-refractivity contribution < 1.29 is 4.79 Å². The van der Waals surface area contributed by atoms with Crippen molar-refractivity contribution in [3.63, 3.8) is 0 Å². The van der Waals surface area contributed by atoms with Crippen LogP contribution in [0.4, 0.5) is 0 Å². The van der Waals surface area contributed by atoms with E-state index in [1.165, 1.54) is 75.5 Å². The first-order chi connectivity index (χ1) is 10.3. The Labute approximate surface area is 137 Å². The number of aromatic nitrogens is 1. The van der Waals surface area contributed by atoms with E-state index < -0.39 is 0 Å². The molecule has 1 aromatic heterocycles. The molecule has 1 N–H and O–H groups in total. The van der Waals surface area contributed by atoms with Crippen molar-refractivity contribution in [2.75, 3.05) is 0 Å². The lowest BCUT2D eigenvalue weighted by Crippen LogP contribution is -2.40. The van der Waals surface area contributed by atoms with E-state index in [2.05, 4.69) is 22.9 Å².